The molecule has 1 atom stereocenters. The molecular formula is C13H16N2O. The van der Waals surface area contributed by atoms with E-state index in [-0.39, 0.29) is 0 Å². The molecule has 0 bridgehead atoms. The lowest BCUT2D eigenvalue weighted by molar-refractivity contribution is 0.292. The zero-order chi connectivity index (χ0) is 11.2. The molecule has 3 nitrogen and oxygen atoms in total. The van der Waals surface area contributed by atoms with Gasteiger partial charge in [0, 0.05) is 6.04 Å². The van der Waals surface area contributed by atoms with Gasteiger partial charge in [0.2, 0.25) is 0 Å². The lowest BCUT2D eigenvalue weighted by atomic mass is 10.2. The van der Waals surface area contributed by atoms with E-state index in [1.54, 1.807) is 12.1 Å². The smallest absolute Gasteiger partial charge is 0.120 e. The third-order valence-corrected chi connectivity index (χ3v) is 2.86. The molecule has 1 saturated heterocycles. The molecule has 1 aromatic carbocycles. The van der Waals surface area contributed by atoms with Crippen molar-refractivity contribution in [2.75, 3.05) is 13.2 Å². The molecule has 16 heavy (non-hydrogen) atoms. The number of hydrogen-bond donors (Lipinski definition) is 1. The molecule has 1 N–H and O–H groups in total. The molecule has 0 aliphatic carbocycles. The van der Waals surface area contributed by atoms with E-state index < -0.39 is 0 Å². The van der Waals surface area contributed by atoms with Crippen LogP contribution in [0.15, 0.2) is 24.3 Å². The fraction of sp³-hybridized carbons (Fsp3) is 0.462. The van der Waals surface area contributed by atoms with Gasteiger partial charge in [0.1, 0.15) is 5.75 Å². The molecule has 0 aromatic heterocycles. The van der Waals surface area contributed by atoms with Crippen molar-refractivity contribution in [2.45, 2.75) is 25.3 Å². The van der Waals surface area contributed by atoms with Gasteiger partial charge in [0.25, 0.3) is 0 Å². The summed E-state index contributed by atoms with van der Waals surface area (Å²) >= 11 is 0. The number of nitrogens with one attached hydrogen (secondary N) is 1. The Morgan fingerprint density at radius 1 is 1.50 bits per heavy atom. The molecule has 2 rings (SSSR count). The summed E-state index contributed by atoms with van der Waals surface area (Å²) in [5, 5.41) is 12.2. The van der Waals surface area contributed by atoms with Crippen LogP contribution in [-0.2, 0) is 0 Å². The van der Waals surface area contributed by atoms with Crippen LogP contribution >= 0.6 is 0 Å². The predicted molar refractivity (Wildman–Crippen MR) is 62.3 cm³/mol. The third-order valence-electron chi connectivity index (χ3n) is 2.86. The molecule has 1 fully saturated rings. The molecule has 0 radical (unpaired) electrons. The highest BCUT2D eigenvalue weighted by Gasteiger charge is 2.13. The maximum Gasteiger partial charge on any atom is 0.120 e. The Morgan fingerprint density at radius 2 is 2.44 bits per heavy atom. The number of benzene rings is 1. The van der Waals surface area contributed by atoms with E-state index >= 15 is 0 Å². The second-order valence-electron chi connectivity index (χ2n) is 4.07. The second kappa shape index (κ2) is 5.53. The summed E-state index contributed by atoms with van der Waals surface area (Å²) in [6, 6.07) is 10.0. The minimum absolute atomic E-state index is 0.610. The molecule has 0 saturated carbocycles. The quantitative estimate of drug-likeness (QED) is 0.838. The van der Waals surface area contributed by atoms with E-state index in [1.807, 2.05) is 12.1 Å². The molecule has 0 amide bonds. The van der Waals surface area contributed by atoms with E-state index in [4.69, 9.17) is 10.00 Å². The van der Waals surface area contributed by atoms with E-state index in [0.717, 1.165) is 18.7 Å². The summed E-state index contributed by atoms with van der Waals surface area (Å²) in [6.45, 7) is 1.85. The fourth-order valence-corrected chi connectivity index (χ4v) is 1.98. The highest BCUT2D eigenvalue weighted by atomic mass is 16.5. The van der Waals surface area contributed by atoms with Gasteiger partial charge in [-0.1, -0.05) is 6.07 Å². The predicted octanol–water partition coefficient (Wildman–Crippen LogP) is 2.08. The van der Waals surface area contributed by atoms with Crippen molar-refractivity contribution in [1.29, 1.82) is 5.26 Å². The molecule has 0 spiro atoms. The summed E-state index contributed by atoms with van der Waals surface area (Å²) in [4.78, 5) is 0. The molecule has 1 heterocycles. The zero-order valence-corrected chi connectivity index (χ0v) is 9.28. The van der Waals surface area contributed by atoms with E-state index in [9.17, 15) is 0 Å². The second-order valence-corrected chi connectivity index (χ2v) is 4.07. The first-order valence-electron chi connectivity index (χ1n) is 5.75. The number of hydrogen-bond acceptors (Lipinski definition) is 3. The molecule has 84 valence electrons. The summed E-state index contributed by atoms with van der Waals surface area (Å²) in [5.74, 6) is 0.789. The minimum atomic E-state index is 0.610. The molecule has 3 heteroatoms. The normalized spacial score (nSPS) is 19.3. The SMILES string of the molecule is N#Cc1cccc(OCCC2CCCN2)c1. The van der Waals surface area contributed by atoms with E-state index in [2.05, 4.69) is 11.4 Å². The lowest BCUT2D eigenvalue weighted by Gasteiger charge is -2.11. The van der Waals surface area contributed by atoms with Crippen molar-refractivity contribution in [3.63, 3.8) is 0 Å². The van der Waals surface area contributed by atoms with Crippen LogP contribution in [0.5, 0.6) is 5.75 Å². The first-order valence-corrected chi connectivity index (χ1v) is 5.75. The van der Waals surface area contributed by atoms with Crippen molar-refractivity contribution in [2.24, 2.45) is 0 Å². The van der Waals surface area contributed by atoms with Crippen molar-refractivity contribution in [3.8, 4) is 11.8 Å². The maximum atomic E-state index is 8.74. The van der Waals surface area contributed by atoms with Gasteiger partial charge >= 0.3 is 0 Å². The van der Waals surface area contributed by atoms with Gasteiger partial charge in [-0.3, -0.25) is 0 Å². The number of ether oxygens (including phenoxy) is 1. The average Bonchev–Trinajstić information content (AvgIpc) is 2.82. The van der Waals surface area contributed by atoms with Gasteiger partial charge in [-0.25, -0.2) is 0 Å². The summed E-state index contributed by atoms with van der Waals surface area (Å²) in [5.41, 5.74) is 0.650. The third kappa shape index (κ3) is 2.98. The van der Waals surface area contributed by atoms with Gasteiger partial charge in [-0.2, -0.15) is 5.26 Å². The van der Waals surface area contributed by atoms with Crippen LogP contribution in [0, 0.1) is 11.3 Å². The molecule has 1 aliphatic heterocycles. The van der Waals surface area contributed by atoms with Gasteiger partial charge < -0.3 is 10.1 Å². The summed E-state index contributed by atoms with van der Waals surface area (Å²) in [7, 11) is 0. The Labute approximate surface area is 96.0 Å². The lowest BCUT2D eigenvalue weighted by Crippen LogP contribution is -2.23. The van der Waals surface area contributed by atoms with E-state index in [0.29, 0.717) is 18.2 Å². The van der Waals surface area contributed by atoms with Gasteiger partial charge in [-0.05, 0) is 44.0 Å². The molecule has 1 unspecified atom stereocenters. The Kier molecular flexibility index (Phi) is 3.79. The molecule has 1 aromatic rings. The van der Waals surface area contributed by atoms with Gasteiger partial charge in [-0.15, -0.1) is 0 Å². The number of nitriles is 1. The highest BCUT2D eigenvalue weighted by Crippen LogP contribution is 2.14. The molecular weight excluding hydrogens is 200 g/mol. The van der Waals surface area contributed by atoms with Crippen molar-refractivity contribution >= 4 is 0 Å². The number of rotatable bonds is 4. The van der Waals surface area contributed by atoms with Crippen LogP contribution in [-0.4, -0.2) is 19.2 Å². The first-order chi connectivity index (χ1) is 7.88. The first kappa shape index (κ1) is 11.0. The Balaban J connectivity index is 1.78. The van der Waals surface area contributed by atoms with Crippen molar-refractivity contribution in [3.05, 3.63) is 29.8 Å². The van der Waals surface area contributed by atoms with Crippen LogP contribution in [0.25, 0.3) is 0 Å². The van der Waals surface area contributed by atoms with Gasteiger partial charge in [0.15, 0.2) is 0 Å². The van der Waals surface area contributed by atoms with Crippen LogP contribution in [0.2, 0.25) is 0 Å². The Hall–Kier alpha value is -1.53. The van der Waals surface area contributed by atoms with Crippen LogP contribution in [0.1, 0.15) is 24.8 Å². The summed E-state index contributed by atoms with van der Waals surface area (Å²) in [6.07, 6.45) is 3.56. The largest absolute Gasteiger partial charge is 0.493 e. The fourth-order valence-electron chi connectivity index (χ4n) is 1.98. The van der Waals surface area contributed by atoms with Crippen molar-refractivity contribution < 1.29 is 4.74 Å². The average molecular weight is 216 g/mol. The Morgan fingerprint density at radius 3 is 3.19 bits per heavy atom. The van der Waals surface area contributed by atoms with E-state index in [1.165, 1.54) is 12.8 Å². The standard InChI is InChI=1S/C13H16N2O/c14-10-11-3-1-5-13(9-11)16-8-6-12-4-2-7-15-12/h1,3,5,9,12,15H,2,4,6-8H2. The zero-order valence-electron chi connectivity index (χ0n) is 9.28. The topological polar surface area (TPSA) is 45.0 Å². The van der Waals surface area contributed by atoms with Crippen LogP contribution < -0.4 is 10.1 Å². The highest BCUT2D eigenvalue weighted by molar-refractivity contribution is 5.36. The minimum Gasteiger partial charge on any atom is -0.493 e. The molecule has 1 aliphatic rings. The van der Waals surface area contributed by atoms with Crippen molar-refractivity contribution in [1.82, 2.24) is 5.32 Å². The monoisotopic (exact) mass is 216 g/mol. The van der Waals surface area contributed by atoms with Crippen LogP contribution in [0.4, 0.5) is 0 Å². The maximum absolute atomic E-state index is 8.74. The van der Waals surface area contributed by atoms with Gasteiger partial charge in [0.05, 0.1) is 18.2 Å². The summed E-state index contributed by atoms with van der Waals surface area (Å²) < 4.78 is 5.62. The van der Waals surface area contributed by atoms with Crippen LogP contribution in [0.3, 0.4) is 0 Å². The number of nitrogens with zero attached hydrogens (tertiary/aromatic N) is 1. The Bertz CT molecular complexity index is 378.